The minimum absolute atomic E-state index is 0.0817. The first-order valence-corrected chi connectivity index (χ1v) is 9.27. The summed E-state index contributed by atoms with van der Waals surface area (Å²) in [7, 11) is 0. The summed E-state index contributed by atoms with van der Waals surface area (Å²) in [6, 6.07) is 15.7. The fourth-order valence-electron chi connectivity index (χ4n) is 3.20. The van der Waals surface area contributed by atoms with Gasteiger partial charge in [-0.15, -0.1) is 0 Å². The summed E-state index contributed by atoms with van der Waals surface area (Å²) < 4.78 is 40.8. The predicted octanol–water partition coefficient (Wildman–Crippen LogP) is 5.89. The van der Waals surface area contributed by atoms with Crippen molar-refractivity contribution in [3.63, 3.8) is 0 Å². The predicted molar refractivity (Wildman–Crippen MR) is 109 cm³/mol. The topological polar surface area (TPSA) is 46.4 Å². The minimum Gasteiger partial charge on any atom is -0.306 e. The Labute approximate surface area is 171 Å². The summed E-state index contributed by atoms with van der Waals surface area (Å²) in [5.74, 6) is -0.242. The molecule has 0 aliphatic heterocycles. The van der Waals surface area contributed by atoms with Crippen LogP contribution in [0.25, 0.3) is 16.9 Å². The van der Waals surface area contributed by atoms with E-state index in [2.05, 4.69) is 10.3 Å². The number of nitrogens with one attached hydrogen (secondary N) is 1. The van der Waals surface area contributed by atoms with Crippen molar-refractivity contribution < 1.29 is 18.0 Å². The Kier molecular flexibility index (Phi) is 4.81. The lowest BCUT2D eigenvalue weighted by atomic mass is 10.1. The number of carbonyl (C=O) groups excluding carboxylic acids is 1. The standard InChI is InChI=1S/C23H18F3N3O/c1-14-6-8-16(9-7-14)20-21(29-11-10-15(2)12-19(29)27-20)28-22(30)17-4-3-5-18(13-17)23(24,25)26/h3-13H,1-2H3,(H,28,30). The van der Waals surface area contributed by atoms with Gasteiger partial charge in [0.1, 0.15) is 17.2 Å². The van der Waals surface area contributed by atoms with Crippen molar-refractivity contribution in [3.8, 4) is 11.3 Å². The van der Waals surface area contributed by atoms with Crippen LogP contribution >= 0.6 is 0 Å². The van der Waals surface area contributed by atoms with E-state index in [9.17, 15) is 18.0 Å². The van der Waals surface area contributed by atoms with E-state index >= 15 is 0 Å². The summed E-state index contributed by atoms with van der Waals surface area (Å²) in [6.45, 7) is 3.90. The molecule has 0 radical (unpaired) electrons. The number of anilines is 1. The third kappa shape index (κ3) is 3.78. The molecular weight excluding hydrogens is 391 g/mol. The van der Waals surface area contributed by atoms with Crippen LogP contribution in [0.15, 0.2) is 66.9 Å². The van der Waals surface area contributed by atoms with Gasteiger partial charge in [0.15, 0.2) is 0 Å². The molecule has 4 aromatic rings. The fraction of sp³-hybridized carbons (Fsp3) is 0.130. The molecule has 2 aromatic carbocycles. The molecule has 152 valence electrons. The molecule has 0 saturated heterocycles. The zero-order valence-corrected chi connectivity index (χ0v) is 16.3. The molecule has 0 spiro atoms. The van der Waals surface area contributed by atoms with Crippen LogP contribution in [0.1, 0.15) is 27.0 Å². The van der Waals surface area contributed by atoms with Gasteiger partial charge in [0, 0.05) is 17.3 Å². The van der Waals surface area contributed by atoms with Gasteiger partial charge in [-0.1, -0.05) is 35.9 Å². The van der Waals surface area contributed by atoms with Crippen LogP contribution in [0.4, 0.5) is 19.0 Å². The van der Waals surface area contributed by atoms with Crippen molar-refractivity contribution in [2.24, 2.45) is 0 Å². The molecule has 4 nitrogen and oxygen atoms in total. The van der Waals surface area contributed by atoms with E-state index in [0.717, 1.165) is 28.8 Å². The molecule has 0 unspecified atom stereocenters. The van der Waals surface area contributed by atoms with Gasteiger partial charge in [-0.3, -0.25) is 9.20 Å². The second-order valence-corrected chi connectivity index (χ2v) is 7.14. The molecule has 0 atom stereocenters. The van der Waals surface area contributed by atoms with Crippen molar-refractivity contribution >= 4 is 17.4 Å². The Morgan fingerprint density at radius 2 is 1.70 bits per heavy atom. The third-order valence-corrected chi connectivity index (χ3v) is 4.79. The molecule has 4 rings (SSSR count). The maximum atomic E-state index is 13.0. The number of aromatic nitrogens is 2. The van der Waals surface area contributed by atoms with Gasteiger partial charge in [0.05, 0.1) is 5.56 Å². The summed E-state index contributed by atoms with van der Waals surface area (Å²) in [5, 5.41) is 2.76. The fourth-order valence-corrected chi connectivity index (χ4v) is 3.20. The van der Waals surface area contributed by atoms with E-state index in [1.165, 1.54) is 12.1 Å². The number of amides is 1. The number of rotatable bonds is 3. The molecule has 2 aromatic heterocycles. The average Bonchev–Trinajstić information content (AvgIpc) is 3.05. The lowest BCUT2D eigenvalue weighted by molar-refractivity contribution is -0.137. The number of halogens is 3. The first-order chi connectivity index (χ1) is 14.2. The molecule has 30 heavy (non-hydrogen) atoms. The third-order valence-electron chi connectivity index (χ3n) is 4.79. The normalized spacial score (nSPS) is 11.6. The van der Waals surface area contributed by atoms with Crippen molar-refractivity contribution in [1.29, 1.82) is 0 Å². The van der Waals surface area contributed by atoms with E-state index in [1.54, 1.807) is 10.6 Å². The molecule has 0 saturated carbocycles. The Morgan fingerprint density at radius 3 is 2.40 bits per heavy atom. The summed E-state index contributed by atoms with van der Waals surface area (Å²) in [4.78, 5) is 17.5. The summed E-state index contributed by atoms with van der Waals surface area (Å²) in [6.07, 6.45) is -2.75. The van der Waals surface area contributed by atoms with Crippen LogP contribution in [-0.2, 0) is 6.18 Å². The number of fused-ring (bicyclic) bond motifs is 1. The van der Waals surface area contributed by atoms with E-state index in [4.69, 9.17) is 0 Å². The number of carbonyl (C=O) groups is 1. The zero-order valence-electron chi connectivity index (χ0n) is 16.3. The average molecular weight is 409 g/mol. The monoisotopic (exact) mass is 409 g/mol. The van der Waals surface area contributed by atoms with Crippen molar-refractivity contribution in [3.05, 3.63) is 89.1 Å². The molecule has 1 amide bonds. The Morgan fingerprint density at radius 1 is 0.967 bits per heavy atom. The van der Waals surface area contributed by atoms with E-state index in [-0.39, 0.29) is 5.56 Å². The molecule has 2 heterocycles. The molecule has 0 bridgehead atoms. The number of benzene rings is 2. The van der Waals surface area contributed by atoms with Crippen molar-refractivity contribution in [1.82, 2.24) is 9.38 Å². The van der Waals surface area contributed by atoms with Gasteiger partial charge >= 0.3 is 6.18 Å². The second-order valence-electron chi connectivity index (χ2n) is 7.14. The van der Waals surface area contributed by atoms with E-state index in [0.29, 0.717) is 17.2 Å². The van der Waals surface area contributed by atoms with Crippen LogP contribution in [0, 0.1) is 13.8 Å². The molecule has 0 aliphatic carbocycles. The minimum atomic E-state index is -4.52. The van der Waals surface area contributed by atoms with Crippen LogP contribution in [-0.4, -0.2) is 15.3 Å². The van der Waals surface area contributed by atoms with Gasteiger partial charge in [-0.05, 0) is 49.7 Å². The first-order valence-electron chi connectivity index (χ1n) is 9.27. The maximum absolute atomic E-state index is 13.0. The number of nitrogens with zero attached hydrogens (tertiary/aromatic N) is 2. The smallest absolute Gasteiger partial charge is 0.306 e. The van der Waals surface area contributed by atoms with E-state index < -0.39 is 17.6 Å². The van der Waals surface area contributed by atoms with Crippen molar-refractivity contribution in [2.45, 2.75) is 20.0 Å². The van der Waals surface area contributed by atoms with Crippen LogP contribution in [0.5, 0.6) is 0 Å². The number of hydrogen-bond acceptors (Lipinski definition) is 2. The van der Waals surface area contributed by atoms with Gasteiger partial charge in [0.2, 0.25) is 0 Å². The zero-order chi connectivity index (χ0) is 21.5. The Hall–Kier alpha value is -3.61. The number of hydrogen-bond donors (Lipinski definition) is 1. The largest absolute Gasteiger partial charge is 0.416 e. The molecule has 0 aliphatic rings. The van der Waals surface area contributed by atoms with Gasteiger partial charge in [0.25, 0.3) is 5.91 Å². The SMILES string of the molecule is Cc1ccc(-c2nc3cc(C)ccn3c2NC(=O)c2cccc(C(F)(F)F)c2)cc1. The number of alkyl halides is 3. The highest BCUT2D eigenvalue weighted by atomic mass is 19.4. The second kappa shape index (κ2) is 7.33. The van der Waals surface area contributed by atoms with Gasteiger partial charge in [-0.25, -0.2) is 4.98 Å². The van der Waals surface area contributed by atoms with Gasteiger partial charge < -0.3 is 5.32 Å². The summed E-state index contributed by atoms with van der Waals surface area (Å²) >= 11 is 0. The first kappa shape index (κ1) is 19.7. The van der Waals surface area contributed by atoms with Crippen LogP contribution in [0.2, 0.25) is 0 Å². The highest BCUT2D eigenvalue weighted by Gasteiger charge is 2.31. The molecule has 0 fully saturated rings. The van der Waals surface area contributed by atoms with Crippen LogP contribution in [0.3, 0.4) is 0 Å². The van der Waals surface area contributed by atoms with Crippen molar-refractivity contribution in [2.75, 3.05) is 5.32 Å². The lowest BCUT2D eigenvalue weighted by Crippen LogP contribution is -2.15. The van der Waals surface area contributed by atoms with E-state index in [1.807, 2.05) is 50.2 Å². The number of aryl methyl sites for hydroxylation is 2. The maximum Gasteiger partial charge on any atom is 0.416 e. The molecular formula is C23H18F3N3O. The van der Waals surface area contributed by atoms with Gasteiger partial charge in [-0.2, -0.15) is 13.2 Å². The number of imidazole rings is 1. The molecule has 7 heteroatoms. The lowest BCUT2D eigenvalue weighted by Gasteiger charge is -2.11. The number of pyridine rings is 1. The summed E-state index contributed by atoms with van der Waals surface area (Å²) in [5.41, 5.74) is 3.09. The quantitative estimate of drug-likeness (QED) is 0.459. The highest BCUT2D eigenvalue weighted by Crippen LogP contribution is 2.31. The van der Waals surface area contributed by atoms with Crippen LogP contribution < -0.4 is 5.32 Å². The molecule has 1 N–H and O–H groups in total. The Balaban J connectivity index is 1.79. The Bertz CT molecular complexity index is 1240. The highest BCUT2D eigenvalue weighted by molar-refractivity contribution is 6.06.